The normalized spacial score (nSPS) is 10.8. The highest BCUT2D eigenvalue weighted by atomic mass is 35.5. The zero-order valence-corrected chi connectivity index (χ0v) is 15.0. The van der Waals surface area contributed by atoms with Gasteiger partial charge in [-0.1, -0.05) is 30.1 Å². The summed E-state index contributed by atoms with van der Waals surface area (Å²) < 4.78 is 5.61. The van der Waals surface area contributed by atoms with Crippen LogP contribution >= 0.6 is 23.2 Å². The number of aromatic amines is 1. The average Bonchev–Trinajstić information content (AvgIpc) is 3.01. The van der Waals surface area contributed by atoms with Gasteiger partial charge in [-0.15, -0.1) is 0 Å². The molecule has 130 valence electrons. The number of rotatable bonds is 5. The monoisotopic (exact) mass is 377 g/mol. The summed E-state index contributed by atoms with van der Waals surface area (Å²) in [5.41, 5.74) is 7.88. The topological polar surface area (TPSA) is 80.1 Å². The molecule has 3 rings (SSSR count). The molecule has 3 aromatic rings. The summed E-state index contributed by atoms with van der Waals surface area (Å²) >= 11 is 11.9. The van der Waals surface area contributed by atoms with Crippen molar-refractivity contribution in [3.63, 3.8) is 0 Å². The average molecular weight is 378 g/mol. The number of ether oxygens (including phenoxy) is 1. The molecule has 0 aliphatic rings. The van der Waals surface area contributed by atoms with E-state index >= 15 is 0 Å². The number of halogens is 2. The molecule has 25 heavy (non-hydrogen) atoms. The fourth-order valence-corrected chi connectivity index (χ4v) is 2.74. The Kier molecular flexibility index (Phi) is 5.06. The number of carbonyl (C=O) groups is 1. The van der Waals surface area contributed by atoms with Crippen LogP contribution in [0.1, 0.15) is 23.8 Å². The minimum atomic E-state index is -0.322. The lowest BCUT2D eigenvalue weighted by molar-refractivity contribution is 0.102. The number of hydrogen-bond acceptors (Lipinski definition) is 3. The number of anilines is 2. The molecule has 0 aliphatic heterocycles. The first-order valence-electron chi connectivity index (χ1n) is 7.79. The maximum absolute atomic E-state index is 12.5. The second-order valence-electron chi connectivity index (χ2n) is 5.59. The summed E-state index contributed by atoms with van der Waals surface area (Å²) in [6.45, 7) is 2.70. The summed E-state index contributed by atoms with van der Waals surface area (Å²) in [5, 5.41) is 4.28. The van der Waals surface area contributed by atoms with Crippen LogP contribution in [0.4, 0.5) is 11.4 Å². The highest BCUT2D eigenvalue weighted by Gasteiger charge is 2.13. The van der Waals surface area contributed by atoms with E-state index < -0.39 is 0 Å². The number of fused-ring (bicyclic) bond motifs is 1. The largest absolute Gasteiger partial charge is 0.494 e. The minimum absolute atomic E-state index is 0.320. The lowest BCUT2D eigenvalue weighted by Gasteiger charge is -2.08. The van der Waals surface area contributed by atoms with Crippen molar-refractivity contribution in [3.8, 4) is 5.75 Å². The van der Waals surface area contributed by atoms with Gasteiger partial charge in [-0.2, -0.15) is 0 Å². The highest BCUT2D eigenvalue weighted by molar-refractivity contribution is 6.42. The van der Waals surface area contributed by atoms with Gasteiger partial charge in [-0.3, -0.25) is 4.79 Å². The van der Waals surface area contributed by atoms with Crippen molar-refractivity contribution < 1.29 is 9.53 Å². The van der Waals surface area contributed by atoms with Gasteiger partial charge >= 0.3 is 0 Å². The van der Waals surface area contributed by atoms with Gasteiger partial charge in [0.05, 0.1) is 28.0 Å². The van der Waals surface area contributed by atoms with Crippen LogP contribution in [0.5, 0.6) is 5.75 Å². The molecule has 5 nitrogen and oxygen atoms in total. The first-order valence-corrected chi connectivity index (χ1v) is 8.55. The number of nitrogen functional groups attached to an aromatic ring is 1. The predicted octanol–water partition coefficient (Wildman–Crippen LogP) is 5.10. The molecule has 0 aliphatic carbocycles. The number of nitrogens with two attached hydrogens (primary N) is 1. The van der Waals surface area contributed by atoms with E-state index in [1.165, 1.54) is 12.1 Å². The van der Waals surface area contributed by atoms with E-state index in [-0.39, 0.29) is 5.91 Å². The lowest BCUT2D eigenvalue weighted by Crippen LogP contribution is -2.13. The second-order valence-corrected chi connectivity index (χ2v) is 6.40. The number of amides is 1. The molecule has 7 heteroatoms. The Bertz CT molecular complexity index is 937. The Morgan fingerprint density at radius 3 is 2.72 bits per heavy atom. The molecule has 0 saturated heterocycles. The molecule has 1 amide bonds. The predicted molar refractivity (Wildman–Crippen MR) is 103 cm³/mol. The standard InChI is InChI=1S/C18H17Cl2N3O2/c1-2-5-25-11-3-4-15-10(6-11)7-17(22-15)18(24)23-16-9-13(20)12(19)8-14(16)21/h3-4,6-9,22H,2,5,21H2,1H3,(H,23,24). The minimum Gasteiger partial charge on any atom is -0.494 e. The summed E-state index contributed by atoms with van der Waals surface area (Å²) in [6.07, 6.45) is 0.934. The summed E-state index contributed by atoms with van der Waals surface area (Å²) in [6, 6.07) is 10.4. The zero-order valence-electron chi connectivity index (χ0n) is 13.5. The number of benzene rings is 2. The van der Waals surface area contributed by atoms with Crippen molar-refractivity contribution in [1.82, 2.24) is 4.98 Å². The van der Waals surface area contributed by atoms with E-state index in [1.54, 1.807) is 6.07 Å². The summed E-state index contributed by atoms with van der Waals surface area (Å²) in [7, 11) is 0. The van der Waals surface area contributed by atoms with Crippen LogP contribution in [0.25, 0.3) is 10.9 Å². The van der Waals surface area contributed by atoms with Gasteiger partial charge < -0.3 is 20.8 Å². The Morgan fingerprint density at radius 2 is 1.96 bits per heavy atom. The smallest absolute Gasteiger partial charge is 0.272 e. The molecule has 2 aromatic carbocycles. The van der Waals surface area contributed by atoms with Crippen molar-refractivity contribution in [1.29, 1.82) is 0 Å². The number of nitrogens with one attached hydrogen (secondary N) is 2. The van der Waals surface area contributed by atoms with Crippen molar-refractivity contribution in [2.75, 3.05) is 17.7 Å². The van der Waals surface area contributed by atoms with Gasteiger partial charge in [0.2, 0.25) is 0 Å². The summed E-state index contributed by atoms with van der Waals surface area (Å²) in [5.74, 6) is 0.450. The Morgan fingerprint density at radius 1 is 1.20 bits per heavy atom. The maximum Gasteiger partial charge on any atom is 0.272 e. The van der Waals surface area contributed by atoms with Crippen LogP contribution in [0.3, 0.4) is 0 Å². The zero-order chi connectivity index (χ0) is 18.0. The van der Waals surface area contributed by atoms with Crippen LogP contribution in [-0.2, 0) is 0 Å². The molecule has 0 spiro atoms. The molecule has 0 unspecified atom stereocenters. The lowest BCUT2D eigenvalue weighted by atomic mass is 10.2. The van der Waals surface area contributed by atoms with Gasteiger partial charge in [0.1, 0.15) is 11.4 Å². The molecular weight excluding hydrogens is 361 g/mol. The van der Waals surface area contributed by atoms with Crippen molar-refractivity contribution in [2.45, 2.75) is 13.3 Å². The van der Waals surface area contributed by atoms with E-state index in [1.807, 2.05) is 25.1 Å². The second kappa shape index (κ2) is 7.25. The SMILES string of the molecule is CCCOc1ccc2[nH]c(C(=O)Nc3cc(Cl)c(Cl)cc3N)cc2c1. The van der Waals surface area contributed by atoms with E-state index in [0.29, 0.717) is 33.7 Å². The van der Waals surface area contributed by atoms with Gasteiger partial charge in [0.15, 0.2) is 0 Å². The summed E-state index contributed by atoms with van der Waals surface area (Å²) in [4.78, 5) is 15.6. The quantitative estimate of drug-likeness (QED) is 0.541. The highest BCUT2D eigenvalue weighted by Crippen LogP contribution is 2.31. The third-order valence-electron chi connectivity index (χ3n) is 3.65. The first-order chi connectivity index (χ1) is 12.0. The molecule has 0 radical (unpaired) electrons. The van der Waals surface area contributed by atoms with Crippen LogP contribution < -0.4 is 15.8 Å². The van der Waals surface area contributed by atoms with Gasteiger partial charge in [-0.25, -0.2) is 0 Å². The van der Waals surface area contributed by atoms with E-state index in [9.17, 15) is 4.79 Å². The van der Waals surface area contributed by atoms with Crippen LogP contribution in [0.2, 0.25) is 10.0 Å². The Hall–Kier alpha value is -2.37. The maximum atomic E-state index is 12.5. The molecule has 0 bridgehead atoms. The van der Waals surface area contributed by atoms with Crippen molar-refractivity contribution in [3.05, 3.63) is 52.1 Å². The molecule has 0 fully saturated rings. The molecule has 1 aromatic heterocycles. The fourth-order valence-electron chi connectivity index (χ4n) is 2.40. The fraction of sp³-hybridized carbons (Fsp3) is 0.167. The molecule has 0 saturated carbocycles. The van der Waals surface area contributed by atoms with Crippen LogP contribution in [0.15, 0.2) is 36.4 Å². The molecule has 0 atom stereocenters. The van der Waals surface area contributed by atoms with E-state index in [0.717, 1.165) is 23.1 Å². The van der Waals surface area contributed by atoms with Crippen LogP contribution in [-0.4, -0.2) is 17.5 Å². The first kappa shape index (κ1) is 17.5. The number of carbonyl (C=O) groups excluding carboxylic acids is 1. The van der Waals surface area contributed by atoms with Gasteiger partial charge in [0, 0.05) is 10.9 Å². The number of aromatic nitrogens is 1. The number of H-pyrrole nitrogens is 1. The van der Waals surface area contributed by atoms with Crippen molar-refractivity contribution in [2.24, 2.45) is 0 Å². The Balaban J connectivity index is 1.83. The molecule has 1 heterocycles. The van der Waals surface area contributed by atoms with Crippen molar-refractivity contribution >= 4 is 51.4 Å². The Labute approximate surface area is 155 Å². The van der Waals surface area contributed by atoms with E-state index in [4.69, 9.17) is 33.7 Å². The van der Waals surface area contributed by atoms with Gasteiger partial charge in [0.25, 0.3) is 5.91 Å². The third-order valence-corrected chi connectivity index (χ3v) is 4.37. The van der Waals surface area contributed by atoms with E-state index in [2.05, 4.69) is 10.3 Å². The number of hydrogen-bond donors (Lipinski definition) is 3. The molecular formula is C18H17Cl2N3O2. The molecule has 4 N–H and O–H groups in total. The van der Waals surface area contributed by atoms with Crippen LogP contribution in [0, 0.1) is 0 Å². The third kappa shape index (κ3) is 3.83. The van der Waals surface area contributed by atoms with Gasteiger partial charge in [-0.05, 0) is 42.8 Å².